The zero-order valence-corrected chi connectivity index (χ0v) is 18.8. The molecule has 6 nitrogen and oxygen atoms in total. The third-order valence-electron chi connectivity index (χ3n) is 6.77. The molecule has 5 rings (SSSR count). The van der Waals surface area contributed by atoms with Gasteiger partial charge in [-0.15, -0.1) is 0 Å². The van der Waals surface area contributed by atoms with Gasteiger partial charge in [0.15, 0.2) is 0 Å². The van der Waals surface area contributed by atoms with Crippen molar-refractivity contribution >= 4 is 22.9 Å². The van der Waals surface area contributed by atoms with Crippen molar-refractivity contribution in [1.29, 1.82) is 0 Å². The van der Waals surface area contributed by atoms with Crippen LogP contribution in [0.4, 0.5) is 5.95 Å². The Labute approximate surface area is 189 Å². The van der Waals surface area contributed by atoms with E-state index in [2.05, 4.69) is 64.2 Å². The number of nitrogens with one attached hydrogen (secondary N) is 1. The third kappa shape index (κ3) is 4.51. The highest BCUT2D eigenvalue weighted by atomic mass is 16.5. The van der Waals surface area contributed by atoms with Gasteiger partial charge < -0.3 is 19.5 Å². The van der Waals surface area contributed by atoms with E-state index >= 15 is 0 Å². The van der Waals surface area contributed by atoms with Crippen molar-refractivity contribution in [1.82, 2.24) is 14.9 Å². The maximum atomic E-state index is 12.7. The number of aryl methyl sites for hydroxylation is 1. The first-order chi connectivity index (χ1) is 15.7. The first kappa shape index (κ1) is 21.0. The molecule has 2 aliphatic heterocycles. The number of piperidine rings is 1. The summed E-state index contributed by atoms with van der Waals surface area (Å²) in [7, 11) is 0. The number of hydrogen-bond donors (Lipinski definition) is 1. The van der Waals surface area contributed by atoms with Gasteiger partial charge in [0.25, 0.3) is 0 Å². The van der Waals surface area contributed by atoms with E-state index in [-0.39, 0.29) is 17.9 Å². The number of carbonyl (C=O) groups is 1. The van der Waals surface area contributed by atoms with E-state index < -0.39 is 0 Å². The van der Waals surface area contributed by atoms with Crippen LogP contribution in [0.15, 0.2) is 48.5 Å². The molecule has 0 aliphatic carbocycles. The summed E-state index contributed by atoms with van der Waals surface area (Å²) < 4.78 is 7.95. The Kier molecular flexibility index (Phi) is 6.12. The van der Waals surface area contributed by atoms with Gasteiger partial charge in [0.1, 0.15) is 0 Å². The molecule has 0 bridgehead atoms. The smallest absolute Gasteiger partial charge is 0.223 e. The average Bonchev–Trinajstić information content (AvgIpc) is 3.47. The van der Waals surface area contributed by atoms with Gasteiger partial charge in [-0.1, -0.05) is 42.0 Å². The highest BCUT2D eigenvalue weighted by molar-refractivity contribution is 5.80. The minimum Gasteiger partial charge on any atom is -0.376 e. The Morgan fingerprint density at radius 3 is 2.62 bits per heavy atom. The second-order valence-electron chi connectivity index (χ2n) is 9.11. The molecule has 0 saturated carbocycles. The SMILES string of the molecule is Cc1ccc(Cn2c(N3CCC(C(=O)NCC4CCCO4)CC3)nc3ccccc32)cc1. The van der Waals surface area contributed by atoms with E-state index in [0.717, 1.165) is 68.9 Å². The number of aromatic nitrogens is 2. The molecule has 1 N–H and O–H groups in total. The van der Waals surface area contributed by atoms with Crippen molar-refractivity contribution in [3.05, 3.63) is 59.7 Å². The lowest BCUT2D eigenvalue weighted by molar-refractivity contribution is -0.126. The first-order valence-corrected chi connectivity index (χ1v) is 11.8. The van der Waals surface area contributed by atoms with Crippen LogP contribution in [0.2, 0.25) is 0 Å². The largest absolute Gasteiger partial charge is 0.376 e. The first-order valence-electron chi connectivity index (χ1n) is 11.8. The molecule has 2 fully saturated rings. The number of carbonyl (C=O) groups excluding carboxylic acids is 1. The number of amides is 1. The lowest BCUT2D eigenvalue weighted by Gasteiger charge is -2.32. The average molecular weight is 433 g/mol. The molecule has 1 atom stereocenters. The number of anilines is 1. The van der Waals surface area contributed by atoms with E-state index in [0.29, 0.717) is 6.54 Å². The molecule has 3 aromatic rings. The second-order valence-corrected chi connectivity index (χ2v) is 9.11. The quantitative estimate of drug-likeness (QED) is 0.642. The van der Waals surface area contributed by atoms with Gasteiger partial charge in [-0.05, 0) is 50.3 Å². The lowest BCUT2D eigenvalue weighted by atomic mass is 9.96. The lowest BCUT2D eigenvalue weighted by Crippen LogP contribution is -2.43. The van der Waals surface area contributed by atoms with Gasteiger partial charge in [0.2, 0.25) is 11.9 Å². The van der Waals surface area contributed by atoms with Crippen molar-refractivity contribution in [3.8, 4) is 0 Å². The maximum Gasteiger partial charge on any atom is 0.223 e. The van der Waals surface area contributed by atoms with Crippen LogP contribution in [0.5, 0.6) is 0 Å². The van der Waals surface area contributed by atoms with Gasteiger partial charge in [-0.25, -0.2) is 4.98 Å². The number of rotatable bonds is 6. The Balaban J connectivity index is 1.28. The van der Waals surface area contributed by atoms with Gasteiger partial charge in [0.05, 0.1) is 23.7 Å². The van der Waals surface area contributed by atoms with Crippen molar-refractivity contribution in [2.24, 2.45) is 5.92 Å². The van der Waals surface area contributed by atoms with Crippen LogP contribution in [0.25, 0.3) is 11.0 Å². The second kappa shape index (κ2) is 9.33. The fraction of sp³-hybridized carbons (Fsp3) is 0.462. The molecule has 1 amide bonds. The number of nitrogens with zero attached hydrogens (tertiary/aromatic N) is 3. The molecule has 0 spiro atoms. The minimum atomic E-state index is 0.0718. The monoisotopic (exact) mass is 432 g/mol. The van der Waals surface area contributed by atoms with Crippen LogP contribution in [-0.4, -0.2) is 47.8 Å². The number of para-hydroxylation sites is 2. The number of benzene rings is 2. The third-order valence-corrected chi connectivity index (χ3v) is 6.77. The van der Waals surface area contributed by atoms with E-state index in [4.69, 9.17) is 9.72 Å². The molecule has 32 heavy (non-hydrogen) atoms. The highest BCUT2D eigenvalue weighted by Crippen LogP contribution is 2.28. The summed E-state index contributed by atoms with van der Waals surface area (Å²) in [5.41, 5.74) is 4.71. The Bertz CT molecular complexity index is 1060. The summed E-state index contributed by atoms with van der Waals surface area (Å²) in [6.07, 6.45) is 4.05. The molecular weight excluding hydrogens is 400 g/mol. The van der Waals surface area contributed by atoms with Gasteiger partial charge in [-0.3, -0.25) is 4.79 Å². The summed E-state index contributed by atoms with van der Waals surface area (Å²) in [4.78, 5) is 20.0. The molecule has 2 aromatic carbocycles. The van der Waals surface area contributed by atoms with Crippen LogP contribution in [0, 0.1) is 12.8 Å². The van der Waals surface area contributed by atoms with Crippen LogP contribution < -0.4 is 10.2 Å². The Hall–Kier alpha value is -2.86. The maximum absolute atomic E-state index is 12.7. The molecule has 168 valence electrons. The summed E-state index contributed by atoms with van der Waals surface area (Å²) >= 11 is 0. The topological polar surface area (TPSA) is 59.4 Å². The minimum absolute atomic E-state index is 0.0718. The molecule has 0 radical (unpaired) electrons. The predicted molar refractivity (Wildman–Crippen MR) is 127 cm³/mol. The van der Waals surface area contributed by atoms with Crippen LogP contribution in [0.3, 0.4) is 0 Å². The van der Waals surface area contributed by atoms with Crippen molar-refractivity contribution in [3.63, 3.8) is 0 Å². The Morgan fingerprint density at radius 2 is 1.88 bits per heavy atom. The van der Waals surface area contributed by atoms with Crippen molar-refractivity contribution < 1.29 is 9.53 Å². The summed E-state index contributed by atoms with van der Waals surface area (Å²) in [5, 5.41) is 3.12. The van der Waals surface area contributed by atoms with Crippen molar-refractivity contribution in [2.45, 2.75) is 45.3 Å². The molecule has 2 saturated heterocycles. The number of ether oxygens (including phenoxy) is 1. The van der Waals surface area contributed by atoms with E-state index in [1.165, 1.54) is 11.1 Å². The van der Waals surface area contributed by atoms with E-state index in [1.54, 1.807) is 0 Å². The number of hydrogen-bond acceptors (Lipinski definition) is 4. The fourth-order valence-electron chi connectivity index (χ4n) is 4.84. The predicted octanol–water partition coefficient (Wildman–Crippen LogP) is 3.90. The summed E-state index contributed by atoms with van der Waals surface area (Å²) in [6.45, 7) is 6.05. The zero-order chi connectivity index (χ0) is 21.9. The van der Waals surface area contributed by atoms with Gasteiger partial charge >= 0.3 is 0 Å². The number of imidazole rings is 1. The summed E-state index contributed by atoms with van der Waals surface area (Å²) in [5.74, 6) is 1.25. The van der Waals surface area contributed by atoms with Gasteiger partial charge in [-0.2, -0.15) is 0 Å². The fourth-order valence-corrected chi connectivity index (χ4v) is 4.84. The highest BCUT2D eigenvalue weighted by Gasteiger charge is 2.28. The Morgan fingerprint density at radius 1 is 1.09 bits per heavy atom. The number of fused-ring (bicyclic) bond motifs is 1. The molecule has 2 aliphatic rings. The zero-order valence-electron chi connectivity index (χ0n) is 18.8. The molecule has 3 heterocycles. The molecule has 1 aromatic heterocycles. The standard InChI is InChI=1S/C26H32N4O2/c1-19-8-10-20(11-9-19)18-30-24-7-3-2-6-23(24)28-26(30)29-14-12-21(13-15-29)25(31)27-17-22-5-4-16-32-22/h2-3,6-11,21-22H,4-5,12-18H2,1H3,(H,27,31). The van der Waals surface area contributed by atoms with E-state index in [1.807, 2.05) is 6.07 Å². The molecule has 6 heteroatoms. The van der Waals surface area contributed by atoms with Crippen molar-refractivity contribution in [2.75, 3.05) is 31.1 Å². The summed E-state index contributed by atoms with van der Waals surface area (Å²) in [6, 6.07) is 17.0. The van der Waals surface area contributed by atoms with Gasteiger partial charge in [0, 0.05) is 32.2 Å². The molecular formula is C26H32N4O2. The van der Waals surface area contributed by atoms with E-state index in [9.17, 15) is 4.79 Å². The van der Waals surface area contributed by atoms with Crippen LogP contribution >= 0.6 is 0 Å². The van der Waals surface area contributed by atoms with Crippen LogP contribution in [0.1, 0.15) is 36.8 Å². The molecule has 1 unspecified atom stereocenters. The normalized spacial score (nSPS) is 19.5. The van der Waals surface area contributed by atoms with Crippen LogP contribution in [-0.2, 0) is 16.1 Å².